The highest BCUT2D eigenvalue weighted by Gasteiger charge is 2.05. The largest absolute Gasteiger partial charge is 0.481 e. The minimum atomic E-state index is 0.570. The lowest BCUT2D eigenvalue weighted by Gasteiger charge is -1.98. The Morgan fingerprint density at radius 1 is 1.43 bits per heavy atom. The summed E-state index contributed by atoms with van der Waals surface area (Å²) in [7, 11) is 1.59. The highest BCUT2D eigenvalue weighted by molar-refractivity contribution is 7.09. The molecular weight excluding hydrogens is 198 g/mol. The fraction of sp³-hybridized carbons (Fsp3) is 0.222. The number of methoxy groups -OCH3 is 1. The summed E-state index contributed by atoms with van der Waals surface area (Å²) < 4.78 is 9.19. The van der Waals surface area contributed by atoms with Crippen LogP contribution in [0.15, 0.2) is 18.3 Å². The van der Waals surface area contributed by atoms with Crippen molar-refractivity contribution in [3.63, 3.8) is 0 Å². The summed E-state index contributed by atoms with van der Waals surface area (Å²) in [4.78, 5) is 9.32. The van der Waals surface area contributed by atoms with Gasteiger partial charge in [0.15, 0.2) is 5.82 Å². The van der Waals surface area contributed by atoms with Crippen LogP contribution in [0, 0.1) is 6.92 Å². The molecule has 0 fully saturated rings. The Morgan fingerprint density at radius 2 is 2.29 bits per heavy atom. The van der Waals surface area contributed by atoms with Crippen molar-refractivity contribution >= 4 is 11.5 Å². The van der Waals surface area contributed by atoms with E-state index in [-0.39, 0.29) is 0 Å². The summed E-state index contributed by atoms with van der Waals surface area (Å²) in [6.07, 6.45) is 1.68. The number of hydrogen-bond acceptors (Lipinski definition) is 5. The summed E-state index contributed by atoms with van der Waals surface area (Å²) in [6.45, 7) is 1.94. The fourth-order valence-electron chi connectivity index (χ4n) is 1.04. The first-order valence-corrected chi connectivity index (χ1v) is 4.87. The van der Waals surface area contributed by atoms with Gasteiger partial charge in [-0.25, -0.2) is 4.98 Å². The average molecular weight is 207 g/mol. The van der Waals surface area contributed by atoms with Crippen LogP contribution in [0.1, 0.15) is 5.69 Å². The van der Waals surface area contributed by atoms with Gasteiger partial charge in [-0.3, -0.25) is 0 Å². The zero-order chi connectivity index (χ0) is 9.97. The van der Waals surface area contributed by atoms with E-state index in [0.29, 0.717) is 11.7 Å². The summed E-state index contributed by atoms with van der Waals surface area (Å²) in [5.74, 6) is 1.23. The van der Waals surface area contributed by atoms with Gasteiger partial charge in [0.1, 0.15) is 0 Å². The van der Waals surface area contributed by atoms with Crippen molar-refractivity contribution in [3.05, 3.63) is 24.0 Å². The molecule has 0 aliphatic rings. The average Bonchev–Trinajstić information content (AvgIpc) is 2.65. The maximum absolute atomic E-state index is 5.02. The zero-order valence-electron chi connectivity index (χ0n) is 7.89. The third kappa shape index (κ3) is 1.72. The number of ether oxygens (including phenoxy) is 1. The van der Waals surface area contributed by atoms with Crippen molar-refractivity contribution in [3.8, 4) is 16.6 Å². The Hall–Kier alpha value is -1.49. The van der Waals surface area contributed by atoms with Crippen LogP contribution in [0.2, 0.25) is 0 Å². The molecule has 14 heavy (non-hydrogen) atoms. The van der Waals surface area contributed by atoms with Crippen LogP contribution in [0.4, 0.5) is 0 Å². The van der Waals surface area contributed by atoms with Gasteiger partial charge >= 0.3 is 0 Å². The molecule has 0 atom stereocenters. The van der Waals surface area contributed by atoms with Gasteiger partial charge in [0, 0.05) is 12.3 Å². The van der Waals surface area contributed by atoms with Crippen molar-refractivity contribution in [2.45, 2.75) is 6.92 Å². The molecule has 0 spiro atoms. The first-order valence-electron chi connectivity index (χ1n) is 4.10. The van der Waals surface area contributed by atoms with E-state index in [0.717, 1.165) is 10.6 Å². The maximum atomic E-state index is 5.02. The van der Waals surface area contributed by atoms with Gasteiger partial charge in [0.25, 0.3) is 0 Å². The second kappa shape index (κ2) is 3.71. The van der Waals surface area contributed by atoms with Crippen molar-refractivity contribution in [1.82, 2.24) is 14.3 Å². The van der Waals surface area contributed by atoms with Crippen LogP contribution in [-0.2, 0) is 0 Å². The standard InChI is InChI=1S/C9H9N3OS/c1-6-5-7(14-12-6)9-10-4-3-8(11-9)13-2/h3-5H,1-2H3. The molecule has 0 N–H and O–H groups in total. The van der Waals surface area contributed by atoms with Crippen LogP contribution in [0.3, 0.4) is 0 Å². The molecule has 2 heterocycles. The molecule has 2 aromatic rings. The smallest absolute Gasteiger partial charge is 0.216 e. The predicted molar refractivity (Wildman–Crippen MR) is 54.4 cm³/mol. The summed E-state index contributed by atoms with van der Waals surface area (Å²) in [6, 6.07) is 3.68. The SMILES string of the molecule is COc1ccnc(-c2cc(C)ns2)n1. The van der Waals surface area contributed by atoms with E-state index in [4.69, 9.17) is 4.74 Å². The molecule has 4 nitrogen and oxygen atoms in total. The lowest BCUT2D eigenvalue weighted by molar-refractivity contribution is 0.397. The van der Waals surface area contributed by atoms with Gasteiger partial charge in [-0.15, -0.1) is 0 Å². The lowest BCUT2D eigenvalue weighted by Crippen LogP contribution is -1.90. The molecule has 2 aromatic heterocycles. The van der Waals surface area contributed by atoms with Gasteiger partial charge in [0.05, 0.1) is 17.7 Å². The first kappa shape index (κ1) is 9.08. The molecule has 0 unspecified atom stereocenters. The number of rotatable bonds is 2. The molecule has 0 saturated carbocycles. The van der Waals surface area contributed by atoms with Gasteiger partial charge in [-0.2, -0.15) is 9.36 Å². The molecule has 5 heteroatoms. The molecular formula is C9H9N3OS. The Morgan fingerprint density at radius 3 is 2.93 bits per heavy atom. The number of nitrogens with zero attached hydrogens (tertiary/aromatic N) is 3. The minimum absolute atomic E-state index is 0.570. The highest BCUT2D eigenvalue weighted by Crippen LogP contribution is 2.21. The number of hydrogen-bond donors (Lipinski definition) is 0. The Kier molecular flexibility index (Phi) is 2.41. The molecule has 0 amide bonds. The van der Waals surface area contributed by atoms with Crippen LogP contribution in [0.25, 0.3) is 10.7 Å². The molecule has 0 aliphatic carbocycles. The fourth-order valence-corrected chi connectivity index (χ4v) is 1.74. The molecule has 0 aromatic carbocycles. The lowest BCUT2D eigenvalue weighted by atomic mass is 10.4. The van der Waals surface area contributed by atoms with Crippen molar-refractivity contribution < 1.29 is 4.74 Å². The predicted octanol–water partition coefficient (Wildman–Crippen LogP) is 1.92. The van der Waals surface area contributed by atoms with E-state index in [1.165, 1.54) is 11.5 Å². The Balaban J connectivity index is 2.41. The number of aromatic nitrogens is 3. The van der Waals surface area contributed by atoms with Crippen molar-refractivity contribution in [2.75, 3.05) is 7.11 Å². The van der Waals surface area contributed by atoms with Gasteiger partial charge in [-0.1, -0.05) is 0 Å². The molecule has 0 aliphatic heterocycles. The van der Waals surface area contributed by atoms with Crippen LogP contribution < -0.4 is 4.74 Å². The van der Waals surface area contributed by atoms with Gasteiger partial charge in [-0.05, 0) is 24.5 Å². The first-order chi connectivity index (χ1) is 6.79. The van der Waals surface area contributed by atoms with E-state index in [1.807, 2.05) is 13.0 Å². The third-order valence-electron chi connectivity index (χ3n) is 1.69. The van der Waals surface area contributed by atoms with Crippen LogP contribution in [0.5, 0.6) is 5.88 Å². The minimum Gasteiger partial charge on any atom is -0.481 e. The van der Waals surface area contributed by atoms with E-state index in [1.54, 1.807) is 19.4 Å². The zero-order valence-corrected chi connectivity index (χ0v) is 8.71. The van der Waals surface area contributed by atoms with Gasteiger partial charge < -0.3 is 4.74 Å². The third-order valence-corrected chi connectivity index (χ3v) is 2.56. The molecule has 2 rings (SSSR count). The summed E-state index contributed by atoms with van der Waals surface area (Å²) >= 11 is 1.39. The van der Waals surface area contributed by atoms with E-state index in [2.05, 4.69) is 14.3 Å². The monoisotopic (exact) mass is 207 g/mol. The van der Waals surface area contributed by atoms with E-state index >= 15 is 0 Å². The van der Waals surface area contributed by atoms with E-state index in [9.17, 15) is 0 Å². The normalized spacial score (nSPS) is 10.1. The van der Waals surface area contributed by atoms with Crippen LogP contribution in [-0.4, -0.2) is 21.5 Å². The summed E-state index contributed by atoms with van der Waals surface area (Å²) in [5, 5.41) is 0. The quantitative estimate of drug-likeness (QED) is 0.754. The highest BCUT2D eigenvalue weighted by atomic mass is 32.1. The second-order valence-corrected chi connectivity index (χ2v) is 3.56. The molecule has 72 valence electrons. The molecule has 0 radical (unpaired) electrons. The maximum Gasteiger partial charge on any atom is 0.216 e. The Labute approximate surface area is 85.8 Å². The van der Waals surface area contributed by atoms with Gasteiger partial charge in [0.2, 0.25) is 5.88 Å². The Bertz CT molecular complexity index is 441. The van der Waals surface area contributed by atoms with Crippen molar-refractivity contribution in [2.24, 2.45) is 0 Å². The molecule has 0 saturated heterocycles. The topological polar surface area (TPSA) is 47.9 Å². The summed E-state index contributed by atoms with van der Waals surface area (Å²) in [5.41, 5.74) is 0.983. The number of aryl methyl sites for hydroxylation is 1. The van der Waals surface area contributed by atoms with Crippen molar-refractivity contribution in [1.29, 1.82) is 0 Å². The van der Waals surface area contributed by atoms with E-state index < -0.39 is 0 Å². The molecule has 0 bridgehead atoms. The second-order valence-electron chi connectivity index (χ2n) is 2.76. The van der Waals surface area contributed by atoms with Crippen LogP contribution >= 0.6 is 11.5 Å².